The fraction of sp³-hybridized carbons (Fsp3) is 0.200. The molecule has 5 heteroatoms. The van der Waals surface area contributed by atoms with Gasteiger partial charge in [0, 0.05) is 0 Å². The van der Waals surface area contributed by atoms with Gasteiger partial charge in [0.05, 0.1) is 17.1 Å². The molecule has 0 aliphatic heterocycles. The first kappa shape index (κ1) is 10.2. The summed E-state index contributed by atoms with van der Waals surface area (Å²) in [7, 11) is 0. The predicted octanol–water partition coefficient (Wildman–Crippen LogP) is 1.40. The minimum atomic E-state index is -0.0226. The topological polar surface area (TPSA) is 63.8 Å². The van der Waals surface area contributed by atoms with Gasteiger partial charge in [-0.05, 0) is 24.0 Å². The van der Waals surface area contributed by atoms with Crippen molar-refractivity contribution in [3.05, 3.63) is 46.5 Å². The van der Waals surface area contributed by atoms with E-state index in [2.05, 4.69) is 46.2 Å². The fourth-order valence-corrected chi connectivity index (χ4v) is 2.00. The molecule has 0 saturated carbocycles. The molecule has 0 aliphatic carbocycles. The van der Waals surface area contributed by atoms with Gasteiger partial charge in [-0.15, -0.1) is 5.10 Å². The molecule has 0 bridgehead atoms. The lowest BCUT2D eigenvalue weighted by Gasteiger charge is -2.13. The van der Waals surface area contributed by atoms with Crippen LogP contribution < -0.4 is 11.3 Å². The average molecular weight is 220 g/mol. The van der Waals surface area contributed by atoms with Crippen LogP contribution in [0.15, 0.2) is 30.5 Å². The summed E-state index contributed by atoms with van der Waals surface area (Å²) in [5.41, 5.74) is 5.12. The summed E-state index contributed by atoms with van der Waals surface area (Å²) >= 11 is 1.35. The second-order valence-electron chi connectivity index (χ2n) is 3.33. The zero-order valence-electron chi connectivity index (χ0n) is 8.34. The van der Waals surface area contributed by atoms with Crippen LogP contribution in [0.1, 0.15) is 22.0 Å². The lowest BCUT2D eigenvalue weighted by atomic mass is 10.1. The smallest absolute Gasteiger partial charge is 0.0834 e. The van der Waals surface area contributed by atoms with E-state index in [0.717, 1.165) is 10.4 Å². The summed E-state index contributed by atoms with van der Waals surface area (Å²) in [5.74, 6) is 5.54. The maximum Gasteiger partial charge on any atom is 0.0834 e. The molecule has 0 fully saturated rings. The summed E-state index contributed by atoms with van der Waals surface area (Å²) < 4.78 is 3.83. The fourth-order valence-electron chi connectivity index (χ4n) is 1.40. The normalized spacial score (nSPS) is 12.7. The first-order valence-electron chi connectivity index (χ1n) is 4.61. The van der Waals surface area contributed by atoms with Crippen LogP contribution in [0, 0.1) is 6.92 Å². The van der Waals surface area contributed by atoms with Crippen molar-refractivity contribution in [3.63, 3.8) is 0 Å². The van der Waals surface area contributed by atoms with E-state index in [9.17, 15) is 0 Å². The molecule has 15 heavy (non-hydrogen) atoms. The van der Waals surface area contributed by atoms with Gasteiger partial charge in [-0.25, -0.2) is 5.43 Å². The largest absolute Gasteiger partial charge is 0.271 e. The highest BCUT2D eigenvalue weighted by Gasteiger charge is 2.13. The Morgan fingerprint density at radius 1 is 1.33 bits per heavy atom. The minimum absolute atomic E-state index is 0.0226. The van der Waals surface area contributed by atoms with Gasteiger partial charge in [0.2, 0.25) is 0 Å². The Morgan fingerprint density at radius 3 is 2.60 bits per heavy atom. The van der Waals surface area contributed by atoms with Crippen LogP contribution in [0.4, 0.5) is 0 Å². The number of aromatic nitrogens is 2. The summed E-state index contributed by atoms with van der Waals surface area (Å²) in [5, 5.41) is 3.81. The van der Waals surface area contributed by atoms with E-state index < -0.39 is 0 Å². The molecule has 2 rings (SSSR count). The first-order valence-corrected chi connectivity index (χ1v) is 5.38. The van der Waals surface area contributed by atoms with Crippen molar-refractivity contribution in [3.8, 4) is 0 Å². The molecular weight excluding hydrogens is 208 g/mol. The lowest BCUT2D eigenvalue weighted by molar-refractivity contribution is 0.645. The van der Waals surface area contributed by atoms with Gasteiger partial charge >= 0.3 is 0 Å². The highest BCUT2D eigenvalue weighted by molar-refractivity contribution is 7.05. The van der Waals surface area contributed by atoms with Gasteiger partial charge in [-0.3, -0.25) is 5.84 Å². The highest BCUT2D eigenvalue weighted by Crippen LogP contribution is 2.22. The predicted molar refractivity (Wildman–Crippen MR) is 60.3 cm³/mol. The Hall–Kier alpha value is -1.30. The van der Waals surface area contributed by atoms with Crippen molar-refractivity contribution < 1.29 is 0 Å². The van der Waals surface area contributed by atoms with Crippen LogP contribution in [0.5, 0.6) is 0 Å². The maximum absolute atomic E-state index is 5.54. The third kappa shape index (κ3) is 2.20. The number of hydrogen-bond acceptors (Lipinski definition) is 5. The molecule has 1 aromatic carbocycles. The standard InChI is InChI=1S/C10H12N4S/c1-7-2-4-8(5-3-7)10(13-11)9-6-12-14-15-9/h2-6,10,13H,11H2,1H3. The second-order valence-corrected chi connectivity index (χ2v) is 4.15. The number of nitrogens with one attached hydrogen (secondary N) is 1. The number of hydrazine groups is 1. The third-order valence-corrected chi connectivity index (χ3v) is 2.97. The summed E-state index contributed by atoms with van der Waals surface area (Å²) in [6, 6.07) is 8.21. The quantitative estimate of drug-likeness (QED) is 0.606. The van der Waals surface area contributed by atoms with Crippen molar-refractivity contribution in [2.75, 3.05) is 0 Å². The van der Waals surface area contributed by atoms with E-state index in [0.29, 0.717) is 0 Å². The molecule has 0 saturated heterocycles. The van der Waals surface area contributed by atoms with E-state index in [4.69, 9.17) is 5.84 Å². The number of hydrogen-bond donors (Lipinski definition) is 2. The van der Waals surface area contributed by atoms with Crippen molar-refractivity contribution in [1.29, 1.82) is 0 Å². The Labute approximate surface area is 92.3 Å². The van der Waals surface area contributed by atoms with Crippen LogP contribution in [0.3, 0.4) is 0 Å². The highest BCUT2D eigenvalue weighted by atomic mass is 32.1. The molecule has 4 nitrogen and oxygen atoms in total. The Kier molecular flexibility index (Phi) is 3.05. The van der Waals surface area contributed by atoms with Crippen LogP contribution in [0.2, 0.25) is 0 Å². The van der Waals surface area contributed by atoms with Crippen LogP contribution in [0.25, 0.3) is 0 Å². The van der Waals surface area contributed by atoms with E-state index in [1.54, 1.807) is 6.20 Å². The van der Waals surface area contributed by atoms with Gasteiger partial charge in [0.25, 0.3) is 0 Å². The molecule has 1 heterocycles. The lowest BCUT2D eigenvalue weighted by Crippen LogP contribution is -2.28. The van der Waals surface area contributed by atoms with Gasteiger partial charge < -0.3 is 0 Å². The molecule has 3 N–H and O–H groups in total. The minimum Gasteiger partial charge on any atom is -0.271 e. The Balaban J connectivity index is 2.31. The summed E-state index contributed by atoms with van der Waals surface area (Å²) in [6.07, 6.45) is 1.73. The Morgan fingerprint density at radius 2 is 2.07 bits per heavy atom. The number of nitrogens with zero attached hydrogens (tertiary/aromatic N) is 2. The molecule has 1 atom stereocenters. The average Bonchev–Trinajstić information content (AvgIpc) is 2.75. The van der Waals surface area contributed by atoms with Crippen LogP contribution in [-0.2, 0) is 0 Å². The van der Waals surface area contributed by atoms with Gasteiger partial charge in [-0.1, -0.05) is 34.3 Å². The van der Waals surface area contributed by atoms with Crippen molar-refractivity contribution in [2.45, 2.75) is 13.0 Å². The molecule has 0 aliphatic rings. The molecule has 0 spiro atoms. The number of benzene rings is 1. The van der Waals surface area contributed by atoms with E-state index in [1.165, 1.54) is 17.1 Å². The van der Waals surface area contributed by atoms with Crippen LogP contribution in [-0.4, -0.2) is 9.59 Å². The number of rotatable bonds is 3. The van der Waals surface area contributed by atoms with Gasteiger partial charge in [0.15, 0.2) is 0 Å². The zero-order valence-corrected chi connectivity index (χ0v) is 9.16. The van der Waals surface area contributed by atoms with Gasteiger partial charge in [-0.2, -0.15) is 0 Å². The first-order chi connectivity index (χ1) is 7.31. The maximum atomic E-state index is 5.54. The van der Waals surface area contributed by atoms with E-state index in [-0.39, 0.29) is 6.04 Å². The van der Waals surface area contributed by atoms with Crippen molar-refractivity contribution >= 4 is 11.5 Å². The molecule has 1 unspecified atom stereocenters. The van der Waals surface area contributed by atoms with E-state index >= 15 is 0 Å². The van der Waals surface area contributed by atoms with E-state index in [1.807, 2.05) is 0 Å². The monoisotopic (exact) mass is 220 g/mol. The van der Waals surface area contributed by atoms with Crippen molar-refractivity contribution in [1.82, 2.24) is 15.0 Å². The Bertz CT molecular complexity index is 409. The SMILES string of the molecule is Cc1ccc(C(NN)c2cnns2)cc1. The molecule has 0 radical (unpaired) electrons. The number of aryl methyl sites for hydroxylation is 1. The molecular formula is C10H12N4S. The third-order valence-electron chi connectivity index (χ3n) is 2.24. The van der Waals surface area contributed by atoms with Gasteiger partial charge in [0.1, 0.15) is 0 Å². The molecule has 1 aromatic heterocycles. The summed E-state index contributed by atoms with van der Waals surface area (Å²) in [4.78, 5) is 1.02. The zero-order chi connectivity index (χ0) is 10.7. The molecule has 0 amide bonds. The molecule has 2 aromatic rings. The second kappa shape index (κ2) is 4.48. The van der Waals surface area contributed by atoms with Crippen molar-refractivity contribution in [2.24, 2.45) is 5.84 Å². The molecule has 78 valence electrons. The number of nitrogens with two attached hydrogens (primary N) is 1. The summed E-state index contributed by atoms with van der Waals surface area (Å²) in [6.45, 7) is 2.06. The van der Waals surface area contributed by atoms with Crippen LogP contribution >= 0.6 is 11.5 Å².